The van der Waals surface area contributed by atoms with Crippen LogP contribution in [0.4, 0.5) is 4.79 Å². The number of aliphatic imine (C=N–C) groups is 1. The average molecular weight is 699 g/mol. The molecule has 0 radical (unpaired) electrons. The molecule has 4 N–H and O–H groups in total. The number of alkyl carbamates (subject to hydrolysis) is 1. The summed E-state index contributed by atoms with van der Waals surface area (Å²) < 4.78 is 46.7. The van der Waals surface area contributed by atoms with Gasteiger partial charge in [0.15, 0.2) is 12.2 Å². The second-order valence-corrected chi connectivity index (χ2v) is 16.6. The molecular weight excluding hydrogens is 648 g/mol. The van der Waals surface area contributed by atoms with Crippen LogP contribution in [-0.4, -0.2) is 97.1 Å². The first-order valence-electron chi connectivity index (χ1n) is 16.9. The second-order valence-electron chi connectivity index (χ2n) is 14.7. The van der Waals surface area contributed by atoms with Crippen molar-refractivity contribution in [3.05, 3.63) is 59.7 Å². The van der Waals surface area contributed by atoms with E-state index in [0.717, 1.165) is 12.0 Å². The Bertz CT molecular complexity index is 1730. The first kappa shape index (κ1) is 36.8. The summed E-state index contributed by atoms with van der Waals surface area (Å²) in [6.45, 7) is 12.9. The molecule has 5 atom stereocenters. The number of ether oxygens (including phenoxy) is 3. The van der Waals surface area contributed by atoms with Gasteiger partial charge in [0.1, 0.15) is 6.10 Å². The van der Waals surface area contributed by atoms with E-state index in [4.69, 9.17) is 14.2 Å². The SMILES string of the molecule is CC(=NCC(C)(C)C)c1c(O)[nH]c2ccc(S(=O)(=O)N(CC(C)C)CC(O)C(Cc3ccccc3)NC(=O)OC3COC4OCCC34)cc12. The van der Waals surface area contributed by atoms with Crippen LogP contribution in [0.2, 0.25) is 0 Å². The maximum absolute atomic E-state index is 14.3. The number of fused-ring (bicyclic) bond motifs is 2. The number of aromatic amines is 1. The van der Waals surface area contributed by atoms with Crippen molar-refractivity contribution in [1.82, 2.24) is 14.6 Å². The van der Waals surface area contributed by atoms with Gasteiger partial charge in [0, 0.05) is 36.2 Å². The minimum Gasteiger partial charge on any atom is -0.494 e. The largest absolute Gasteiger partial charge is 0.494 e. The van der Waals surface area contributed by atoms with Crippen molar-refractivity contribution in [2.24, 2.45) is 22.2 Å². The van der Waals surface area contributed by atoms with Crippen LogP contribution in [0, 0.1) is 17.3 Å². The third-order valence-corrected chi connectivity index (χ3v) is 10.6. The van der Waals surface area contributed by atoms with E-state index in [1.807, 2.05) is 44.2 Å². The van der Waals surface area contributed by atoms with Crippen LogP contribution in [0.3, 0.4) is 0 Å². The van der Waals surface area contributed by atoms with Gasteiger partial charge < -0.3 is 34.7 Å². The van der Waals surface area contributed by atoms with Crippen molar-refractivity contribution in [1.29, 1.82) is 0 Å². The van der Waals surface area contributed by atoms with Crippen molar-refractivity contribution >= 4 is 32.7 Å². The number of carbonyl (C=O) groups is 1. The van der Waals surface area contributed by atoms with Gasteiger partial charge in [0.25, 0.3) is 0 Å². The number of rotatable bonds is 13. The molecule has 2 fully saturated rings. The van der Waals surface area contributed by atoms with E-state index in [-0.39, 0.29) is 60.4 Å². The number of aromatic nitrogens is 1. The molecule has 1 amide bonds. The van der Waals surface area contributed by atoms with Gasteiger partial charge in [-0.3, -0.25) is 4.99 Å². The smallest absolute Gasteiger partial charge is 0.407 e. The monoisotopic (exact) mass is 698 g/mol. The van der Waals surface area contributed by atoms with Crippen molar-refractivity contribution in [2.75, 3.05) is 32.8 Å². The van der Waals surface area contributed by atoms with Crippen LogP contribution < -0.4 is 5.32 Å². The minimum atomic E-state index is -4.15. The topological polar surface area (TPSA) is 163 Å². The molecule has 12 nitrogen and oxygen atoms in total. The Kier molecular flexibility index (Phi) is 11.4. The van der Waals surface area contributed by atoms with E-state index >= 15 is 0 Å². The number of hydrogen-bond acceptors (Lipinski definition) is 9. The van der Waals surface area contributed by atoms with Gasteiger partial charge in [-0.1, -0.05) is 65.0 Å². The zero-order chi connectivity index (χ0) is 35.5. The van der Waals surface area contributed by atoms with Gasteiger partial charge >= 0.3 is 6.09 Å². The molecule has 2 saturated heterocycles. The third kappa shape index (κ3) is 9.01. The lowest BCUT2D eigenvalue weighted by molar-refractivity contribution is -0.0907. The number of hydrogen-bond donors (Lipinski definition) is 4. The lowest BCUT2D eigenvalue weighted by Gasteiger charge is -2.31. The molecule has 0 saturated carbocycles. The number of sulfonamides is 1. The highest BCUT2D eigenvalue weighted by molar-refractivity contribution is 7.89. The Hall–Kier alpha value is -3.49. The predicted molar refractivity (Wildman–Crippen MR) is 187 cm³/mol. The number of benzene rings is 2. The molecule has 3 heterocycles. The van der Waals surface area contributed by atoms with Crippen molar-refractivity contribution in [3.8, 4) is 5.88 Å². The van der Waals surface area contributed by atoms with Crippen molar-refractivity contribution < 1.29 is 37.6 Å². The first-order chi connectivity index (χ1) is 23.1. The Morgan fingerprint density at radius 3 is 2.57 bits per heavy atom. The average Bonchev–Trinajstić information content (AvgIpc) is 3.74. The van der Waals surface area contributed by atoms with Crippen molar-refractivity contribution in [2.45, 2.75) is 83.8 Å². The summed E-state index contributed by atoms with van der Waals surface area (Å²) in [7, 11) is -4.15. The van der Waals surface area contributed by atoms with Crippen LogP contribution in [0.25, 0.3) is 10.9 Å². The van der Waals surface area contributed by atoms with E-state index in [1.54, 1.807) is 13.0 Å². The molecule has 0 bridgehead atoms. The lowest BCUT2D eigenvalue weighted by atomic mass is 9.97. The summed E-state index contributed by atoms with van der Waals surface area (Å²) in [5.41, 5.74) is 2.39. The lowest BCUT2D eigenvalue weighted by Crippen LogP contribution is -2.51. The number of aliphatic hydroxyl groups excluding tert-OH is 1. The van der Waals surface area contributed by atoms with Crippen LogP contribution >= 0.6 is 0 Å². The third-order valence-electron chi connectivity index (χ3n) is 8.81. The first-order valence-corrected chi connectivity index (χ1v) is 18.3. The summed E-state index contributed by atoms with van der Waals surface area (Å²) in [4.78, 5) is 20.8. The normalized spacial score (nSPS) is 21.3. The van der Waals surface area contributed by atoms with Gasteiger partial charge in [-0.15, -0.1) is 0 Å². The van der Waals surface area contributed by atoms with Crippen LogP contribution in [0.15, 0.2) is 58.4 Å². The highest BCUT2D eigenvalue weighted by Gasteiger charge is 2.44. The number of nitrogens with zero attached hydrogens (tertiary/aromatic N) is 2. The molecule has 2 aliphatic heterocycles. The molecular formula is C36H50N4O8S. The summed E-state index contributed by atoms with van der Waals surface area (Å²) in [6, 6.07) is 13.1. The molecule has 49 heavy (non-hydrogen) atoms. The molecule has 3 aromatic rings. The Morgan fingerprint density at radius 1 is 1.14 bits per heavy atom. The number of carbonyl (C=O) groups excluding carboxylic acids is 1. The standard InChI is InChI=1S/C36H50N4O8S/c1-22(2)18-40(49(44,45)25-12-13-28-27(17-25)32(33(42)38-28)23(3)37-21-36(4,5)6)19-30(41)29(16-24-10-8-7-9-11-24)39-35(43)48-31-20-47-34-26(31)14-15-46-34/h7-13,17,22,26,29-31,34,38,41-42H,14-16,18-21H2,1-6H3,(H,39,43). The van der Waals surface area contributed by atoms with Gasteiger partial charge in [0.05, 0.1) is 41.7 Å². The summed E-state index contributed by atoms with van der Waals surface area (Å²) in [5.74, 6) is -0.210. The molecule has 2 aromatic carbocycles. The number of amides is 1. The fourth-order valence-electron chi connectivity index (χ4n) is 6.30. The zero-order valence-corrected chi connectivity index (χ0v) is 30.0. The molecule has 1 aromatic heterocycles. The molecule has 2 aliphatic rings. The second kappa shape index (κ2) is 15.2. The number of aliphatic hydroxyl groups is 1. The molecule has 268 valence electrons. The Labute approximate surface area is 288 Å². The molecule has 5 rings (SSSR count). The van der Waals surface area contributed by atoms with Gasteiger partial charge in [-0.2, -0.15) is 4.31 Å². The number of aromatic hydroxyl groups is 1. The van der Waals surface area contributed by atoms with Crippen molar-refractivity contribution in [3.63, 3.8) is 0 Å². The van der Waals surface area contributed by atoms with Gasteiger partial charge in [-0.25, -0.2) is 13.2 Å². The Balaban J connectivity index is 1.40. The summed E-state index contributed by atoms with van der Waals surface area (Å²) in [5, 5.41) is 25.8. The fourth-order valence-corrected chi connectivity index (χ4v) is 7.95. The maximum Gasteiger partial charge on any atom is 0.407 e. The van der Waals surface area contributed by atoms with E-state index in [2.05, 4.69) is 36.1 Å². The van der Waals surface area contributed by atoms with E-state index in [9.17, 15) is 23.4 Å². The summed E-state index contributed by atoms with van der Waals surface area (Å²) >= 11 is 0. The highest BCUT2D eigenvalue weighted by Crippen LogP contribution is 2.34. The van der Waals surface area contributed by atoms with Crippen LogP contribution in [-0.2, 0) is 30.7 Å². The maximum atomic E-state index is 14.3. The highest BCUT2D eigenvalue weighted by atomic mass is 32.2. The van der Waals surface area contributed by atoms with E-state index < -0.39 is 34.4 Å². The minimum absolute atomic E-state index is 0.0123. The van der Waals surface area contributed by atoms with Crippen LogP contribution in [0.1, 0.15) is 59.1 Å². The number of nitrogens with one attached hydrogen (secondary N) is 2. The van der Waals surface area contributed by atoms with Gasteiger partial charge in [-0.05, 0) is 54.9 Å². The Morgan fingerprint density at radius 2 is 1.88 bits per heavy atom. The fraction of sp³-hybridized carbons (Fsp3) is 0.556. The van der Waals surface area contributed by atoms with E-state index in [0.29, 0.717) is 35.3 Å². The zero-order valence-electron chi connectivity index (χ0n) is 29.2. The number of H-pyrrole nitrogens is 1. The molecule has 0 spiro atoms. The quantitative estimate of drug-likeness (QED) is 0.185. The van der Waals surface area contributed by atoms with Crippen LogP contribution in [0.5, 0.6) is 5.88 Å². The molecule has 0 aliphatic carbocycles. The summed E-state index contributed by atoms with van der Waals surface area (Å²) in [6.07, 6.45) is -1.90. The van der Waals surface area contributed by atoms with Gasteiger partial charge in [0.2, 0.25) is 10.0 Å². The van der Waals surface area contributed by atoms with E-state index in [1.165, 1.54) is 16.4 Å². The molecule has 5 unspecified atom stereocenters. The predicted octanol–water partition coefficient (Wildman–Crippen LogP) is 4.84. The molecule has 13 heteroatoms.